The normalized spacial score (nSPS) is 24.3. The van der Waals surface area contributed by atoms with E-state index in [1.54, 1.807) is 0 Å². The summed E-state index contributed by atoms with van der Waals surface area (Å²) in [6, 6.07) is 7.96. The minimum atomic E-state index is -0.174. The van der Waals surface area contributed by atoms with Crippen molar-refractivity contribution in [1.29, 1.82) is 0 Å². The van der Waals surface area contributed by atoms with Crippen molar-refractivity contribution < 1.29 is 4.79 Å². The number of amides is 1. The predicted molar refractivity (Wildman–Crippen MR) is 91.8 cm³/mol. The molecule has 3 unspecified atom stereocenters. The lowest BCUT2D eigenvalue weighted by Crippen LogP contribution is -2.48. The Hall–Kier alpha value is -0.780. The molecule has 1 aliphatic heterocycles. The molecule has 3 atom stereocenters. The highest BCUT2D eigenvalue weighted by Crippen LogP contribution is 2.22. The number of carbonyl (C=O) groups excluding carboxylic acids is 1. The number of benzene rings is 1. The van der Waals surface area contributed by atoms with Crippen LogP contribution in [0, 0.1) is 15.4 Å². The first-order valence-electron chi connectivity index (χ1n) is 7.26. The van der Waals surface area contributed by atoms with Crippen LogP contribution >= 0.6 is 22.6 Å². The fourth-order valence-corrected chi connectivity index (χ4v) is 3.33. The quantitative estimate of drug-likeness (QED) is 0.806. The molecule has 1 N–H and O–H groups in total. The van der Waals surface area contributed by atoms with Crippen molar-refractivity contribution in [3.05, 3.63) is 27.8 Å². The summed E-state index contributed by atoms with van der Waals surface area (Å²) in [6.45, 7) is 8.19. The van der Waals surface area contributed by atoms with Gasteiger partial charge in [0.05, 0.1) is 0 Å². The van der Waals surface area contributed by atoms with Gasteiger partial charge in [-0.25, -0.2) is 0 Å². The van der Waals surface area contributed by atoms with Crippen molar-refractivity contribution in [2.75, 3.05) is 18.4 Å². The molecule has 1 heterocycles. The Kier molecular flexibility index (Phi) is 5.29. The van der Waals surface area contributed by atoms with Crippen molar-refractivity contribution in [3.63, 3.8) is 0 Å². The van der Waals surface area contributed by atoms with Crippen molar-refractivity contribution in [2.24, 2.45) is 11.8 Å². The van der Waals surface area contributed by atoms with Crippen molar-refractivity contribution >= 4 is 34.2 Å². The zero-order chi connectivity index (χ0) is 14.7. The number of likely N-dealkylation sites (tertiary alicyclic amines) is 1. The van der Waals surface area contributed by atoms with Crippen LogP contribution in [-0.2, 0) is 4.79 Å². The summed E-state index contributed by atoms with van der Waals surface area (Å²) in [4.78, 5) is 14.5. The lowest BCUT2D eigenvalue weighted by Gasteiger charge is -2.36. The fourth-order valence-electron chi connectivity index (χ4n) is 2.97. The second kappa shape index (κ2) is 6.78. The van der Waals surface area contributed by atoms with Gasteiger partial charge in [-0.2, -0.15) is 0 Å². The van der Waals surface area contributed by atoms with E-state index in [-0.39, 0.29) is 11.9 Å². The van der Waals surface area contributed by atoms with Crippen molar-refractivity contribution in [3.8, 4) is 0 Å². The van der Waals surface area contributed by atoms with Gasteiger partial charge in [-0.15, -0.1) is 0 Å². The summed E-state index contributed by atoms with van der Waals surface area (Å²) in [6.07, 6.45) is 1.22. The SMILES string of the molecule is CC1CC(C)CN(C(=O)C(C)Nc2ccc(I)cc2)C1. The molecule has 110 valence electrons. The van der Waals surface area contributed by atoms with Gasteiger partial charge in [-0.1, -0.05) is 13.8 Å². The smallest absolute Gasteiger partial charge is 0.244 e. The molecule has 0 aromatic heterocycles. The Morgan fingerprint density at radius 3 is 2.35 bits per heavy atom. The van der Waals surface area contributed by atoms with E-state index in [4.69, 9.17) is 0 Å². The highest BCUT2D eigenvalue weighted by Gasteiger charge is 2.28. The third kappa shape index (κ3) is 4.11. The van der Waals surface area contributed by atoms with E-state index >= 15 is 0 Å². The maximum Gasteiger partial charge on any atom is 0.244 e. The molecule has 0 saturated carbocycles. The molecule has 4 heteroatoms. The molecule has 0 radical (unpaired) electrons. The molecule has 0 spiro atoms. The minimum absolute atomic E-state index is 0.174. The summed E-state index contributed by atoms with van der Waals surface area (Å²) >= 11 is 2.28. The fraction of sp³-hybridized carbons (Fsp3) is 0.562. The Bertz CT molecular complexity index is 450. The second-order valence-electron chi connectivity index (χ2n) is 6.06. The molecule has 3 nitrogen and oxygen atoms in total. The first-order chi connectivity index (χ1) is 9.45. The number of piperidine rings is 1. The average Bonchev–Trinajstić information content (AvgIpc) is 2.39. The Morgan fingerprint density at radius 2 is 1.80 bits per heavy atom. The van der Waals surface area contributed by atoms with Gasteiger partial charge < -0.3 is 10.2 Å². The van der Waals surface area contributed by atoms with Crippen LogP contribution in [0.4, 0.5) is 5.69 Å². The lowest BCUT2D eigenvalue weighted by molar-refractivity contribution is -0.134. The maximum absolute atomic E-state index is 12.5. The van der Waals surface area contributed by atoms with Gasteiger partial charge in [0, 0.05) is 22.3 Å². The van der Waals surface area contributed by atoms with Crippen molar-refractivity contribution in [1.82, 2.24) is 4.90 Å². The highest BCUT2D eigenvalue weighted by atomic mass is 127. The molecule has 0 bridgehead atoms. The van der Waals surface area contributed by atoms with E-state index in [0.29, 0.717) is 11.8 Å². The molecular formula is C16H23IN2O. The third-order valence-electron chi connectivity index (χ3n) is 3.78. The lowest BCUT2D eigenvalue weighted by atomic mass is 9.91. The first kappa shape index (κ1) is 15.6. The van der Waals surface area contributed by atoms with E-state index in [1.807, 2.05) is 36.1 Å². The monoisotopic (exact) mass is 386 g/mol. The summed E-state index contributed by atoms with van der Waals surface area (Å²) in [7, 11) is 0. The number of rotatable bonds is 3. The molecule has 1 aliphatic rings. The number of carbonyl (C=O) groups is 1. The summed E-state index contributed by atoms with van der Waals surface area (Å²) in [5, 5.41) is 3.30. The number of hydrogen-bond donors (Lipinski definition) is 1. The largest absolute Gasteiger partial charge is 0.374 e. The van der Waals surface area contributed by atoms with Crippen LogP contribution in [0.5, 0.6) is 0 Å². The van der Waals surface area contributed by atoms with Gasteiger partial charge in [-0.3, -0.25) is 4.79 Å². The van der Waals surface area contributed by atoms with Crippen LogP contribution in [0.3, 0.4) is 0 Å². The van der Waals surface area contributed by atoms with Gasteiger partial charge in [0.25, 0.3) is 0 Å². The first-order valence-corrected chi connectivity index (χ1v) is 8.34. The van der Waals surface area contributed by atoms with Crippen LogP contribution in [0.1, 0.15) is 27.2 Å². The van der Waals surface area contributed by atoms with Gasteiger partial charge in [0.15, 0.2) is 0 Å². The molecule has 1 fully saturated rings. The van der Waals surface area contributed by atoms with Crippen LogP contribution < -0.4 is 5.32 Å². The highest BCUT2D eigenvalue weighted by molar-refractivity contribution is 14.1. The standard InChI is InChI=1S/C16H23IN2O/c1-11-8-12(2)10-19(9-11)16(20)13(3)18-15-6-4-14(17)5-7-15/h4-7,11-13,18H,8-10H2,1-3H3. The van der Waals surface area contributed by atoms with Crippen LogP contribution in [0.2, 0.25) is 0 Å². The maximum atomic E-state index is 12.5. The van der Waals surface area contributed by atoms with Crippen LogP contribution in [0.15, 0.2) is 24.3 Å². The van der Waals surface area contributed by atoms with E-state index in [0.717, 1.165) is 18.8 Å². The van der Waals surface area contributed by atoms with Gasteiger partial charge in [0.2, 0.25) is 5.91 Å². The summed E-state index contributed by atoms with van der Waals surface area (Å²) < 4.78 is 1.20. The molecule has 20 heavy (non-hydrogen) atoms. The number of hydrogen-bond acceptors (Lipinski definition) is 2. The van der Waals surface area contributed by atoms with Crippen LogP contribution in [-0.4, -0.2) is 29.9 Å². The molecule has 0 aliphatic carbocycles. The van der Waals surface area contributed by atoms with E-state index in [1.165, 1.54) is 9.99 Å². The van der Waals surface area contributed by atoms with E-state index < -0.39 is 0 Å². The predicted octanol–water partition coefficient (Wildman–Crippen LogP) is 3.60. The summed E-state index contributed by atoms with van der Waals surface area (Å²) in [5.41, 5.74) is 1.00. The molecule has 1 saturated heterocycles. The van der Waals surface area contributed by atoms with Crippen molar-refractivity contribution in [2.45, 2.75) is 33.2 Å². The minimum Gasteiger partial charge on any atom is -0.374 e. The molecule has 1 aromatic rings. The molecular weight excluding hydrogens is 363 g/mol. The number of halogens is 1. The third-order valence-corrected chi connectivity index (χ3v) is 4.50. The van der Waals surface area contributed by atoms with E-state index in [9.17, 15) is 4.79 Å². The topological polar surface area (TPSA) is 32.3 Å². The molecule has 1 aromatic carbocycles. The van der Waals surface area contributed by atoms with Gasteiger partial charge >= 0.3 is 0 Å². The zero-order valence-corrected chi connectivity index (χ0v) is 14.6. The number of anilines is 1. The molecule has 2 rings (SSSR count). The average molecular weight is 386 g/mol. The van der Waals surface area contributed by atoms with Gasteiger partial charge in [-0.05, 0) is 72.0 Å². The Morgan fingerprint density at radius 1 is 1.25 bits per heavy atom. The van der Waals surface area contributed by atoms with Gasteiger partial charge in [0.1, 0.15) is 6.04 Å². The van der Waals surface area contributed by atoms with E-state index in [2.05, 4.69) is 41.8 Å². The molecule has 1 amide bonds. The van der Waals surface area contributed by atoms with Crippen LogP contribution in [0.25, 0.3) is 0 Å². The zero-order valence-electron chi connectivity index (χ0n) is 12.4. The second-order valence-corrected chi connectivity index (χ2v) is 7.31. The Balaban J connectivity index is 1.96. The Labute approximate surface area is 135 Å². The summed E-state index contributed by atoms with van der Waals surface area (Å²) in [5.74, 6) is 1.42. The number of nitrogens with zero attached hydrogens (tertiary/aromatic N) is 1. The number of nitrogens with one attached hydrogen (secondary N) is 1.